The maximum Gasteiger partial charge on any atom is 0.462 e. The van der Waals surface area contributed by atoms with Crippen molar-refractivity contribution in [1.82, 2.24) is 5.43 Å². The second-order valence-corrected chi connectivity index (χ2v) is 5.85. The first-order valence-corrected chi connectivity index (χ1v) is 7.86. The molecule has 0 unspecified atom stereocenters. The van der Waals surface area contributed by atoms with Crippen LogP contribution in [0, 0.1) is 0 Å². The van der Waals surface area contributed by atoms with Gasteiger partial charge in [-0.05, 0) is 38.5 Å². The highest BCUT2D eigenvalue weighted by Crippen LogP contribution is 2.45. The monoisotopic (exact) mass is 424 g/mol. The minimum atomic E-state index is -6.46. The van der Waals surface area contributed by atoms with Crippen LogP contribution in [-0.2, 0) is 0 Å². The van der Waals surface area contributed by atoms with Crippen molar-refractivity contribution in [3.8, 4) is 11.5 Å². The quantitative estimate of drug-likeness (QED) is 0.268. The summed E-state index contributed by atoms with van der Waals surface area (Å²) in [6.07, 6.45) is -6.14. The summed E-state index contributed by atoms with van der Waals surface area (Å²) in [5.74, 6) is -6.04. The Morgan fingerprint density at radius 2 is 1.74 bits per heavy atom. The zero-order valence-corrected chi connectivity index (χ0v) is 15.1. The third-order valence-corrected chi connectivity index (χ3v) is 3.13. The predicted molar refractivity (Wildman–Crippen MR) is 85.1 cm³/mol. The molecule has 154 valence electrons. The van der Waals surface area contributed by atoms with Crippen molar-refractivity contribution in [1.29, 1.82) is 0 Å². The van der Waals surface area contributed by atoms with Gasteiger partial charge < -0.3 is 9.47 Å². The third kappa shape index (κ3) is 5.53. The fraction of sp³-hybridized carbons (Fsp3) is 0.533. The van der Waals surface area contributed by atoms with E-state index in [9.17, 15) is 30.7 Å². The first-order valence-electron chi connectivity index (χ1n) is 7.48. The van der Waals surface area contributed by atoms with Crippen molar-refractivity contribution in [3.63, 3.8) is 0 Å². The number of alkyl halides is 7. The lowest BCUT2D eigenvalue weighted by atomic mass is 10.2. The molecule has 0 bridgehead atoms. The van der Waals surface area contributed by atoms with Gasteiger partial charge in [0.15, 0.2) is 11.5 Å². The zero-order valence-electron chi connectivity index (χ0n) is 14.3. The molecular weight excluding hydrogens is 409 g/mol. The Morgan fingerprint density at radius 3 is 2.22 bits per heavy atom. The van der Waals surface area contributed by atoms with Gasteiger partial charge in [-0.15, -0.1) is 0 Å². The van der Waals surface area contributed by atoms with Gasteiger partial charge >= 0.3 is 18.1 Å². The molecule has 1 aromatic carbocycles. The predicted octanol–water partition coefficient (Wildman–Crippen LogP) is 5.24. The molecule has 0 amide bonds. The lowest BCUT2D eigenvalue weighted by Gasteiger charge is -2.27. The van der Waals surface area contributed by atoms with Crippen LogP contribution in [0.1, 0.15) is 26.3 Å². The number of ether oxygens (including phenoxy) is 2. The molecule has 0 spiro atoms. The van der Waals surface area contributed by atoms with E-state index in [1.807, 2.05) is 0 Å². The van der Waals surface area contributed by atoms with Crippen LogP contribution in [0.4, 0.5) is 30.7 Å². The van der Waals surface area contributed by atoms with Gasteiger partial charge in [-0.1, -0.05) is 11.6 Å². The summed E-state index contributed by atoms with van der Waals surface area (Å²) >= 11 is 6.01. The number of hydrazone groups is 1. The number of nitrogens with zero attached hydrogens (tertiary/aromatic N) is 1. The topological polar surface area (TPSA) is 42.8 Å². The molecule has 0 aliphatic heterocycles. The van der Waals surface area contributed by atoms with E-state index in [-0.39, 0.29) is 34.8 Å². The van der Waals surface area contributed by atoms with Crippen molar-refractivity contribution < 1.29 is 40.2 Å². The van der Waals surface area contributed by atoms with Gasteiger partial charge in [0.05, 0.1) is 23.9 Å². The van der Waals surface area contributed by atoms with Crippen molar-refractivity contribution in [3.05, 3.63) is 22.7 Å². The van der Waals surface area contributed by atoms with Gasteiger partial charge in [-0.2, -0.15) is 35.8 Å². The molecule has 1 rings (SSSR count). The van der Waals surface area contributed by atoms with E-state index in [1.54, 1.807) is 20.8 Å². The largest absolute Gasteiger partial charge is 0.490 e. The van der Waals surface area contributed by atoms with Gasteiger partial charge in [0.25, 0.3) is 0 Å². The van der Waals surface area contributed by atoms with Crippen molar-refractivity contribution in [2.75, 3.05) is 6.61 Å². The van der Waals surface area contributed by atoms with Gasteiger partial charge in [0.2, 0.25) is 0 Å². The summed E-state index contributed by atoms with van der Waals surface area (Å²) in [4.78, 5) is 0. The minimum absolute atomic E-state index is 0.00168. The normalized spacial score (nSPS) is 13.3. The Labute approximate surface area is 155 Å². The molecule has 0 heterocycles. The Morgan fingerprint density at radius 1 is 1.15 bits per heavy atom. The van der Waals surface area contributed by atoms with E-state index < -0.39 is 18.1 Å². The number of hydrogen-bond acceptors (Lipinski definition) is 4. The van der Waals surface area contributed by atoms with Crippen LogP contribution in [0.2, 0.25) is 5.02 Å². The van der Waals surface area contributed by atoms with Crippen molar-refractivity contribution in [2.45, 2.75) is 45.0 Å². The highest BCUT2D eigenvalue weighted by molar-refractivity contribution is 6.32. The molecule has 0 aliphatic rings. The van der Waals surface area contributed by atoms with Crippen LogP contribution < -0.4 is 14.9 Å². The van der Waals surface area contributed by atoms with Crippen molar-refractivity contribution in [2.24, 2.45) is 5.10 Å². The summed E-state index contributed by atoms with van der Waals surface area (Å²) in [5.41, 5.74) is 0.521. The fourth-order valence-corrected chi connectivity index (χ4v) is 1.98. The van der Waals surface area contributed by atoms with Crippen LogP contribution in [0.15, 0.2) is 17.2 Å². The minimum Gasteiger partial charge on any atom is -0.490 e. The maximum atomic E-state index is 13.1. The molecular formula is C15H16ClF7N2O2. The second kappa shape index (κ2) is 8.41. The highest BCUT2D eigenvalue weighted by Gasteiger charge is 2.73. The smallest absolute Gasteiger partial charge is 0.462 e. The molecule has 0 saturated heterocycles. The summed E-state index contributed by atoms with van der Waals surface area (Å²) in [5, 5.41) is 2.77. The SMILES string of the molecule is CCOc1cc(/C=N\NC(F)(F)C(F)(F)C(F)(F)F)cc(Cl)c1OC(C)C. The lowest BCUT2D eigenvalue weighted by Crippen LogP contribution is -2.58. The second-order valence-electron chi connectivity index (χ2n) is 5.45. The molecule has 1 aromatic rings. The maximum absolute atomic E-state index is 13.1. The number of nitrogens with one attached hydrogen (secondary N) is 1. The van der Waals surface area contributed by atoms with Gasteiger partial charge in [-0.3, -0.25) is 0 Å². The molecule has 4 nitrogen and oxygen atoms in total. The molecule has 0 saturated carbocycles. The average Bonchev–Trinajstić information content (AvgIpc) is 2.49. The van der Waals surface area contributed by atoms with Gasteiger partial charge in [0, 0.05) is 0 Å². The lowest BCUT2D eigenvalue weighted by molar-refractivity contribution is -0.361. The summed E-state index contributed by atoms with van der Waals surface area (Å²) < 4.78 is 98.7. The van der Waals surface area contributed by atoms with Crippen molar-refractivity contribution >= 4 is 17.8 Å². The number of halogens is 8. The zero-order chi connectivity index (χ0) is 21.0. The fourth-order valence-electron chi connectivity index (χ4n) is 1.71. The Hall–Kier alpha value is -1.91. The summed E-state index contributed by atoms with van der Waals surface area (Å²) in [7, 11) is 0. The number of hydrogen-bond donors (Lipinski definition) is 1. The molecule has 12 heteroatoms. The Kier molecular flexibility index (Phi) is 7.20. The van der Waals surface area contributed by atoms with E-state index in [1.165, 1.54) is 12.1 Å². The highest BCUT2D eigenvalue weighted by atomic mass is 35.5. The van der Waals surface area contributed by atoms with Crippen LogP contribution >= 0.6 is 11.6 Å². The van der Waals surface area contributed by atoms with Crippen LogP contribution in [-0.4, -0.2) is 37.1 Å². The summed E-state index contributed by atoms with van der Waals surface area (Å²) in [6.45, 7) is 5.27. The average molecular weight is 425 g/mol. The standard InChI is InChI=1S/C15H16ClF7N2O2/c1-4-26-11-6-9(5-10(16)12(11)27-8(2)3)7-24-25-15(22,23)13(17,18)14(19,20)21/h5-8,25H,4H2,1-3H3/b24-7-. The molecule has 0 radical (unpaired) electrons. The molecule has 0 fully saturated rings. The molecule has 0 atom stereocenters. The molecule has 0 aromatic heterocycles. The molecule has 0 aliphatic carbocycles. The van der Waals surface area contributed by atoms with Gasteiger partial charge in [-0.25, -0.2) is 5.43 Å². The van der Waals surface area contributed by atoms with E-state index in [0.29, 0.717) is 11.6 Å². The van der Waals surface area contributed by atoms with Crippen LogP contribution in [0.5, 0.6) is 11.5 Å². The third-order valence-electron chi connectivity index (χ3n) is 2.85. The van der Waals surface area contributed by atoms with E-state index in [2.05, 4.69) is 5.10 Å². The Bertz CT molecular complexity index is 679. The first kappa shape index (κ1) is 23.1. The van der Waals surface area contributed by atoms with E-state index in [4.69, 9.17) is 21.1 Å². The van der Waals surface area contributed by atoms with E-state index >= 15 is 0 Å². The number of benzene rings is 1. The Balaban J connectivity index is 3.08. The summed E-state index contributed by atoms with van der Waals surface area (Å²) in [6, 6.07) is -3.22. The first-order chi connectivity index (χ1) is 12.2. The molecule has 1 N–H and O–H groups in total. The van der Waals surface area contributed by atoms with Crippen LogP contribution in [0.3, 0.4) is 0 Å². The van der Waals surface area contributed by atoms with E-state index in [0.717, 1.165) is 0 Å². The number of rotatable bonds is 8. The molecule has 27 heavy (non-hydrogen) atoms. The van der Waals surface area contributed by atoms with Gasteiger partial charge in [0.1, 0.15) is 0 Å². The van der Waals surface area contributed by atoms with Crippen LogP contribution in [0.25, 0.3) is 0 Å².